The molecule has 2 aliphatic rings. The molecule has 0 amide bonds. The summed E-state index contributed by atoms with van der Waals surface area (Å²) in [7, 11) is 1.66. The Labute approximate surface area is 95.6 Å². The van der Waals surface area contributed by atoms with Crippen LogP contribution in [0, 0.1) is 11.8 Å². The molecule has 0 saturated heterocycles. The van der Waals surface area contributed by atoms with Gasteiger partial charge in [-0.15, -0.1) is 0 Å². The lowest BCUT2D eigenvalue weighted by molar-refractivity contribution is -0.123. The first-order chi connectivity index (χ1) is 7.79. The maximum atomic E-state index is 12.1. The van der Waals surface area contributed by atoms with Gasteiger partial charge in [-0.05, 0) is 42.9 Å². The van der Waals surface area contributed by atoms with Gasteiger partial charge in [-0.1, -0.05) is 12.1 Å². The first-order valence-corrected chi connectivity index (χ1v) is 5.97. The van der Waals surface area contributed by atoms with Gasteiger partial charge >= 0.3 is 0 Å². The number of rotatable bonds is 2. The fourth-order valence-electron chi connectivity index (χ4n) is 3.31. The second-order valence-electron chi connectivity index (χ2n) is 4.92. The zero-order valence-electron chi connectivity index (χ0n) is 9.48. The van der Waals surface area contributed by atoms with Crippen molar-refractivity contribution in [3.05, 3.63) is 29.8 Å². The first kappa shape index (κ1) is 9.88. The molecule has 1 aromatic carbocycles. The Balaban J connectivity index is 1.89. The Kier molecular flexibility index (Phi) is 2.23. The number of methoxy groups -OCH3 is 1. The third kappa shape index (κ3) is 1.36. The number of hydrogen-bond donors (Lipinski definition) is 0. The van der Waals surface area contributed by atoms with E-state index in [9.17, 15) is 4.79 Å². The van der Waals surface area contributed by atoms with E-state index in [1.165, 1.54) is 12.0 Å². The van der Waals surface area contributed by atoms with Crippen molar-refractivity contribution in [1.29, 1.82) is 0 Å². The summed E-state index contributed by atoms with van der Waals surface area (Å²) in [4.78, 5) is 12.1. The largest absolute Gasteiger partial charge is 0.497 e. The number of ether oxygens (including phenoxy) is 1. The van der Waals surface area contributed by atoms with Gasteiger partial charge in [0, 0.05) is 11.8 Å². The maximum Gasteiger partial charge on any atom is 0.143 e. The summed E-state index contributed by atoms with van der Waals surface area (Å²) < 4.78 is 5.14. The molecule has 0 heterocycles. The second-order valence-corrected chi connectivity index (χ2v) is 4.92. The van der Waals surface area contributed by atoms with Crippen LogP contribution in [-0.2, 0) is 4.79 Å². The SMILES string of the molecule is COc1ccc(C2C(=O)[C@@H]3CC[C@H]2C3)cc1. The van der Waals surface area contributed by atoms with E-state index in [2.05, 4.69) is 0 Å². The lowest BCUT2D eigenvalue weighted by Gasteiger charge is -2.20. The van der Waals surface area contributed by atoms with E-state index in [4.69, 9.17) is 4.74 Å². The number of ketones is 1. The van der Waals surface area contributed by atoms with Crippen molar-refractivity contribution in [2.45, 2.75) is 25.2 Å². The van der Waals surface area contributed by atoms with Crippen molar-refractivity contribution < 1.29 is 9.53 Å². The molecular weight excluding hydrogens is 200 g/mol. The van der Waals surface area contributed by atoms with Crippen LogP contribution in [0.5, 0.6) is 5.75 Å². The van der Waals surface area contributed by atoms with Crippen LogP contribution in [0.1, 0.15) is 30.7 Å². The number of carbonyl (C=O) groups excluding carboxylic acids is 1. The van der Waals surface area contributed by atoms with Crippen molar-refractivity contribution in [1.82, 2.24) is 0 Å². The van der Waals surface area contributed by atoms with E-state index in [-0.39, 0.29) is 5.92 Å². The molecular formula is C14H16O2. The molecule has 0 N–H and O–H groups in total. The van der Waals surface area contributed by atoms with Crippen LogP contribution in [0.3, 0.4) is 0 Å². The highest BCUT2D eigenvalue weighted by molar-refractivity contribution is 5.91. The summed E-state index contributed by atoms with van der Waals surface area (Å²) in [6.07, 6.45) is 3.47. The predicted octanol–water partition coefficient (Wildman–Crippen LogP) is 2.78. The monoisotopic (exact) mass is 216 g/mol. The Morgan fingerprint density at radius 3 is 2.50 bits per heavy atom. The van der Waals surface area contributed by atoms with Crippen LogP contribution in [0.25, 0.3) is 0 Å². The number of hydrogen-bond acceptors (Lipinski definition) is 2. The molecule has 0 radical (unpaired) electrons. The van der Waals surface area contributed by atoms with E-state index in [1.54, 1.807) is 7.11 Å². The van der Waals surface area contributed by atoms with Gasteiger partial charge in [0.2, 0.25) is 0 Å². The lowest BCUT2D eigenvalue weighted by Crippen LogP contribution is -2.19. The van der Waals surface area contributed by atoms with E-state index >= 15 is 0 Å². The van der Waals surface area contributed by atoms with Crippen LogP contribution in [-0.4, -0.2) is 12.9 Å². The Morgan fingerprint density at radius 2 is 1.94 bits per heavy atom. The van der Waals surface area contributed by atoms with Crippen molar-refractivity contribution >= 4 is 5.78 Å². The van der Waals surface area contributed by atoms with Crippen LogP contribution < -0.4 is 4.74 Å². The number of carbonyl (C=O) groups is 1. The van der Waals surface area contributed by atoms with Gasteiger partial charge in [0.25, 0.3) is 0 Å². The van der Waals surface area contributed by atoms with Gasteiger partial charge < -0.3 is 4.74 Å². The topological polar surface area (TPSA) is 26.3 Å². The van der Waals surface area contributed by atoms with E-state index < -0.39 is 0 Å². The molecule has 2 aliphatic carbocycles. The summed E-state index contributed by atoms with van der Waals surface area (Å²) in [5.41, 5.74) is 1.18. The van der Waals surface area contributed by atoms with E-state index in [1.807, 2.05) is 24.3 Å². The lowest BCUT2D eigenvalue weighted by atomic mass is 9.82. The van der Waals surface area contributed by atoms with Gasteiger partial charge in [0.15, 0.2) is 0 Å². The summed E-state index contributed by atoms with van der Waals surface area (Å²) in [6.45, 7) is 0. The minimum Gasteiger partial charge on any atom is -0.497 e. The van der Waals surface area contributed by atoms with E-state index in [0.717, 1.165) is 18.6 Å². The second kappa shape index (κ2) is 3.62. The number of fused-ring (bicyclic) bond motifs is 2. The Hall–Kier alpha value is -1.31. The highest BCUT2D eigenvalue weighted by Crippen LogP contribution is 2.50. The quantitative estimate of drug-likeness (QED) is 0.759. The zero-order valence-corrected chi connectivity index (χ0v) is 9.48. The molecule has 3 rings (SSSR count). The average molecular weight is 216 g/mol. The minimum atomic E-state index is 0.171. The smallest absolute Gasteiger partial charge is 0.143 e. The fourth-order valence-corrected chi connectivity index (χ4v) is 3.31. The number of benzene rings is 1. The molecule has 2 heteroatoms. The van der Waals surface area contributed by atoms with Gasteiger partial charge in [0.1, 0.15) is 11.5 Å². The molecule has 1 unspecified atom stereocenters. The van der Waals surface area contributed by atoms with Crippen LogP contribution >= 0.6 is 0 Å². The fraction of sp³-hybridized carbons (Fsp3) is 0.500. The predicted molar refractivity (Wildman–Crippen MR) is 61.6 cm³/mol. The van der Waals surface area contributed by atoms with Crippen LogP contribution in [0.4, 0.5) is 0 Å². The van der Waals surface area contributed by atoms with Gasteiger partial charge in [-0.2, -0.15) is 0 Å². The summed E-state index contributed by atoms with van der Waals surface area (Å²) >= 11 is 0. The molecule has 2 bridgehead atoms. The van der Waals surface area contributed by atoms with Gasteiger partial charge in [0.05, 0.1) is 7.11 Å². The van der Waals surface area contributed by atoms with Crippen LogP contribution in [0.2, 0.25) is 0 Å². The molecule has 1 aromatic rings. The molecule has 3 atom stereocenters. The van der Waals surface area contributed by atoms with Crippen molar-refractivity contribution in [3.8, 4) is 5.75 Å². The average Bonchev–Trinajstić information content (AvgIpc) is 2.90. The molecule has 2 saturated carbocycles. The summed E-state index contributed by atoms with van der Waals surface area (Å²) in [5.74, 6) is 2.47. The summed E-state index contributed by atoms with van der Waals surface area (Å²) in [5, 5.41) is 0. The third-order valence-corrected chi connectivity index (χ3v) is 4.13. The molecule has 0 aromatic heterocycles. The highest BCUT2D eigenvalue weighted by atomic mass is 16.5. The molecule has 0 spiro atoms. The van der Waals surface area contributed by atoms with Crippen LogP contribution in [0.15, 0.2) is 24.3 Å². The van der Waals surface area contributed by atoms with Gasteiger partial charge in [-0.25, -0.2) is 0 Å². The number of Topliss-reactive ketones (excluding diaryl/α,β-unsaturated/α-hetero) is 1. The van der Waals surface area contributed by atoms with Crippen molar-refractivity contribution in [2.24, 2.45) is 11.8 Å². The minimum absolute atomic E-state index is 0.171. The maximum absolute atomic E-state index is 12.1. The van der Waals surface area contributed by atoms with Crippen molar-refractivity contribution in [2.75, 3.05) is 7.11 Å². The summed E-state index contributed by atoms with van der Waals surface area (Å²) in [6, 6.07) is 7.99. The highest BCUT2D eigenvalue weighted by Gasteiger charge is 2.47. The molecule has 16 heavy (non-hydrogen) atoms. The Morgan fingerprint density at radius 1 is 1.19 bits per heavy atom. The normalized spacial score (nSPS) is 32.1. The first-order valence-electron chi connectivity index (χ1n) is 5.97. The zero-order chi connectivity index (χ0) is 11.1. The van der Waals surface area contributed by atoms with E-state index in [0.29, 0.717) is 17.6 Å². The third-order valence-electron chi connectivity index (χ3n) is 4.13. The molecule has 84 valence electrons. The molecule has 2 nitrogen and oxygen atoms in total. The van der Waals surface area contributed by atoms with Crippen molar-refractivity contribution in [3.63, 3.8) is 0 Å². The molecule has 2 fully saturated rings. The Bertz CT molecular complexity index is 407. The molecule has 0 aliphatic heterocycles. The standard InChI is InChI=1S/C14H16O2/c1-16-12-6-4-9(5-7-12)13-10-2-3-11(8-10)14(13)15/h4-7,10-11,13H,2-3,8H2,1H3/t10-,11+,13?/m0/s1. The van der Waals surface area contributed by atoms with Gasteiger partial charge in [-0.3, -0.25) is 4.79 Å².